The molecule has 0 aliphatic rings. The molecule has 0 saturated carbocycles. The van der Waals surface area contributed by atoms with Crippen molar-refractivity contribution in [3.8, 4) is 5.75 Å². The molecule has 3 heteroatoms. The molecule has 3 nitrogen and oxygen atoms in total. The minimum absolute atomic E-state index is 0.112. The summed E-state index contributed by atoms with van der Waals surface area (Å²) in [5.74, 6) is -0.314. The lowest BCUT2D eigenvalue weighted by atomic mass is 9.92. The van der Waals surface area contributed by atoms with E-state index in [2.05, 4.69) is 0 Å². The molecule has 0 atom stereocenters. The van der Waals surface area contributed by atoms with E-state index in [1.165, 1.54) is 0 Å². The monoisotopic (exact) mass is 306 g/mol. The first kappa shape index (κ1) is 15.1. The van der Waals surface area contributed by atoms with Crippen LogP contribution < -0.4 is 0 Å². The number of aromatic hydroxyl groups is 1. The van der Waals surface area contributed by atoms with Gasteiger partial charge in [0.2, 0.25) is 0 Å². The van der Waals surface area contributed by atoms with Gasteiger partial charge in [0.25, 0.3) is 0 Å². The lowest BCUT2D eigenvalue weighted by Gasteiger charge is -2.15. The second kappa shape index (κ2) is 6.13. The molecule has 0 fully saturated rings. The minimum atomic E-state index is -0.425. The van der Waals surface area contributed by atoms with Crippen LogP contribution in [0.5, 0.6) is 5.75 Å². The van der Waals surface area contributed by atoms with Gasteiger partial charge in [-0.1, -0.05) is 54.6 Å². The number of phenols is 1. The van der Waals surface area contributed by atoms with Crippen molar-refractivity contribution in [2.24, 2.45) is 0 Å². The molecule has 0 unspecified atom stereocenters. The third kappa shape index (κ3) is 2.44. The Bertz CT molecular complexity index is 923. The number of carbonyl (C=O) groups excluding carboxylic acids is 1. The van der Waals surface area contributed by atoms with Crippen molar-refractivity contribution >= 4 is 33.1 Å². The molecular weight excluding hydrogens is 288 g/mol. The van der Waals surface area contributed by atoms with Gasteiger partial charge in [0, 0.05) is 10.9 Å². The number of allylic oxidation sites excluding steroid dienone is 1. The van der Waals surface area contributed by atoms with Crippen LogP contribution in [0.1, 0.15) is 19.4 Å². The van der Waals surface area contributed by atoms with E-state index < -0.39 is 5.97 Å². The van der Waals surface area contributed by atoms with Crippen LogP contribution in [0, 0.1) is 0 Å². The highest BCUT2D eigenvalue weighted by molar-refractivity contribution is 6.25. The number of ether oxygens (including phenoxy) is 1. The van der Waals surface area contributed by atoms with E-state index in [0.717, 1.165) is 21.5 Å². The molecular formula is C20H18O3. The zero-order chi connectivity index (χ0) is 16.4. The fraction of sp³-hybridized carbons (Fsp3) is 0.150. The molecule has 23 heavy (non-hydrogen) atoms. The number of hydrogen-bond acceptors (Lipinski definition) is 3. The zero-order valence-corrected chi connectivity index (χ0v) is 13.2. The van der Waals surface area contributed by atoms with Crippen LogP contribution in [0.4, 0.5) is 0 Å². The molecule has 116 valence electrons. The maximum atomic E-state index is 12.3. The molecule has 0 bridgehead atoms. The lowest BCUT2D eigenvalue weighted by molar-refractivity contribution is -0.136. The normalized spacial score (nSPS) is 11.8. The van der Waals surface area contributed by atoms with Crippen molar-refractivity contribution in [3.63, 3.8) is 0 Å². The summed E-state index contributed by atoms with van der Waals surface area (Å²) in [5.41, 5.74) is 0.909. The van der Waals surface area contributed by atoms with E-state index in [-0.39, 0.29) is 5.75 Å². The highest BCUT2D eigenvalue weighted by atomic mass is 16.5. The van der Waals surface area contributed by atoms with Crippen LogP contribution in [0.25, 0.3) is 27.1 Å². The van der Waals surface area contributed by atoms with E-state index in [0.29, 0.717) is 17.7 Å². The number of carbonyl (C=O) groups is 1. The Kier molecular flexibility index (Phi) is 4.02. The van der Waals surface area contributed by atoms with Gasteiger partial charge < -0.3 is 9.84 Å². The van der Waals surface area contributed by atoms with Gasteiger partial charge in [-0.25, -0.2) is 4.79 Å². The van der Waals surface area contributed by atoms with Crippen molar-refractivity contribution in [2.75, 3.05) is 6.61 Å². The maximum Gasteiger partial charge on any atom is 0.338 e. The van der Waals surface area contributed by atoms with Gasteiger partial charge >= 0.3 is 5.97 Å². The molecule has 0 aromatic heterocycles. The Morgan fingerprint density at radius 1 is 1.00 bits per heavy atom. The number of hydrogen-bond donors (Lipinski definition) is 1. The third-order valence-electron chi connectivity index (χ3n) is 3.96. The highest BCUT2D eigenvalue weighted by Crippen LogP contribution is 2.41. The minimum Gasteiger partial charge on any atom is -0.507 e. The fourth-order valence-corrected chi connectivity index (χ4v) is 2.97. The summed E-state index contributed by atoms with van der Waals surface area (Å²) >= 11 is 0. The standard InChI is InChI=1S/C20H18O3/c1-3-13(20(22)23-4-2)18-16-11-7-5-9-14(16)15-10-6-8-12-17(15)19(18)21/h3,5-12,21H,4H2,1-2H3/b13-3+. The first-order chi connectivity index (χ1) is 11.2. The van der Waals surface area contributed by atoms with Crippen LogP contribution in [0.3, 0.4) is 0 Å². The molecule has 0 heterocycles. The number of esters is 1. The van der Waals surface area contributed by atoms with E-state index in [1.807, 2.05) is 48.5 Å². The summed E-state index contributed by atoms with van der Waals surface area (Å²) in [6, 6.07) is 15.4. The van der Waals surface area contributed by atoms with Crippen LogP contribution in [0.2, 0.25) is 0 Å². The Hall–Kier alpha value is -2.81. The fourth-order valence-electron chi connectivity index (χ4n) is 2.97. The largest absolute Gasteiger partial charge is 0.507 e. The van der Waals surface area contributed by atoms with Gasteiger partial charge in [0.1, 0.15) is 5.75 Å². The molecule has 3 aromatic rings. The molecule has 0 amide bonds. The number of rotatable bonds is 3. The molecule has 0 spiro atoms. The van der Waals surface area contributed by atoms with Crippen LogP contribution in [-0.2, 0) is 9.53 Å². The second-order valence-corrected chi connectivity index (χ2v) is 5.24. The molecule has 1 N–H and O–H groups in total. The Morgan fingerprint density at radius 2 is 1.52 bits per heavy atom. The lowest BCUT2D eigenvalue weighted by Crippen LogP contribution is -2.07. The van der Waals surface area contributed by atoms with Crippen molar-refractivity contribution in [2.45, 2.75) is 13.8 Å². The first-order valence-corrected chi connectivity index (χ1v) is 7.65. The number of benzene rings is 3. The number of phenolic OH excluding ortho intramolecular Hbond substituents is 1. The van der Waals surface area contributed by atoms with E-state index in [1.54, 1.807) is 19.9 Å². The van der Waals surface area contributed by atoms with Gasteiger partial charge in [-0.2, -0.15) is 0 Å². The Balaban J connectivity index is 2.43. The Morgan fingerprint density at radius 3 is 2.09 bits per heavy atom. The summed E-state index contributed by atoms with van der Waals surface area (Å²) in [4.78, 5) is 12.3. The van der Waals surface area contributed by atoms with Gasteiger partial charge in [0.05, 0.1) is 12.2 Å². The van der Waals surface area contributed by atoms with Gasteiger partial charge in [-0.3, -0.25) is 0 Å². The van der Waals surface area contributed by atoms with Gasteiger partial charge in [0.15, 0.2) is 0 Å². The topological polar surface area (TPSA) is 46.5 Å². The van der Waals surface area contributed by atoms with Crippen molar-refractivity contribution in [1.82, 2.24) is 0 Å². The summed E-state index contributed by atoms with van der Waals surface area (Å²) < 4.78 is 5.15. The van der Waals surface area contributed by atoms with Crippen molar-refractivity contribution in [3.05, 3.63) is 60.2 Å². The van der Waals surface area contributed by atoms with E-state index in [4.69, 9.17) is 4.74 Å². The first-order valence-electron chi connectivity index (χ1n) is 7.65. The average Bonchev–Trinajstić information content (AvgIpc) is 2.59. The third-order valence-corrected chi connectivity index (χ3v) is 3.96. The summed E-state index contributed by atoms with van der Waals surface area (Å²) in [5, 5.41) is 14.3. The summed E-state index contributed by atoms with van der Waals surface area (Å²) in [7, 11) is 0. The maximum absolute atomic E-state index is 12.3. The van der Waals surface area contributed by atoms with Gasteiger partial charge in [-0.15, -0.1) is 0 Å². The van der Waals surface area contributed by atoms with E-state index >= 15 is 0 Å². The molecule has 3 aromatic carbocycles. The molecule has 0 radical (unpaired) electrons. The quantitative estimate of drug-likeness (QED) is 0.435. The van der Waals surface area contributed by atoms with Crippen molar-refractivity contribution < 1.29 is 14.6 Å². The second-order valence-electron chi connectivity index (χ2n) is 5.24. The predicted molar refractivity (Wildman–Crippen MR) is 93.4 cm³/mol. The Labute approximate surface area is 134 Å². The van der Waals surface area contributed by atoms with Crippen LogP contribution >= 0.6 is 0 Å². The predicted octanol–water partition coefficient (Wildman–Crippen LogP) is 4.67. The van der Waals surface area contributed by atoms with Crippen molar-refractivity contribution in [1.29, 1.82) is 0 Å². The highest BCUT2D eigenvalue weighted by Gasteiger charge is 2.21. The van der Waals surface area contributed by atoms with Gasteiger partial charge in [-0.05, 0) is 30.0 Å². The average molecular weight is 306 g/mol. The molecule has 0 saturated heterocycles. The number of fused-ring (bicyclic) bond motifs is 3. The van der Waals surface area contributed by atoms with Crippen LogP contribution in [-0.4, -0.2) is 17.7 Å². The van der Waals surface area contributed by atoms with E-state index in [9.17, 15) is 9.90 Å². The molecule has 3 rings (SSSR count). The summed E-state index contributed by atoms with van der Waals surface area (Å²) in [6.45, 7) is 3.83. The molecule has 0 aliphatic carbocycles. The molecule has 0 aliphatic heterocycles. The smallest absolute Gasteiger partial charge is 0.338 e. The summed E-state index contributed by atoms with van der Waals surface area (Å²) in [6.07, 6.45) is 1.69. The van der Waals surface area contributed by atoms with Crippen LogP contribution in [0.15, 0.2) is 54.6 Å². The zero-order valence-electron chi connectivity index (χ0n) is 13.2. The SMILES string of the molecule is C/C=C(/C(=O)OCC)c1c(O)c2ccccc2c2ccccc12.